The second-order valence-corrected chi connectivity index (χ2v) is 4.74. The fourth-order valence-electron chi connectivity index (χ4n) is 2.45. The topological polar surface area (TPSA) is 89.0 Å². The van der Waals surface area contributed by atoms with Gasteiger partial charge in [0.15, 0.2) is 0 Å². The van der Waals surface area contributed by atoms with Crippen LogP contribution in [0, 0.1) is 6.92 Å². The molecular weight excluding hydrogens is 250 g/mol. The van der Waals surface area contributed by atoms with Crippen LogP contribution in [0.1, 0.15) is 18.2 Å². The molecule has 1 aliphatic heterocycles. The third-order valence-electron chi connectivity index (χ3n) is 3.45. The largest absolute Gasteiger partial charge is 0.394 e. The van der Waals surface area contributed by atoms with Crippen LogP contribution in [0.25, 0.3) is 5.65 Å². The highest BCUT2D eigenvalue weighted by Gasteiger charge is 2.35. The number of nitrogens with zero attached hydrogens (tertiary/aromatic N) is 3. The zero-order valence-electron chi connectivity index (χ0n) is 10.4. The van der Waals surface area contributed by atoms with E-state index in [1.807, 2.05) is 6.92 Å². The molecule has 1 saturated heterocycles. The molecule has 0 aliphatic carbocycles. The molecule has 7 heteroatoms. The van der Waals surface area contributed by atoms with Gasteiger partial charge in [-0.3, -0.25) is 8.97 Å². The van der Waals surface area contributed by atoms with Crippen LogP contribution in [0.2, 0.25) is 0 Å². The van der Waals surface area contributed by atoms with Crippen molar-refractivity contribution in [2.75, 3.05) is 6.61 Å². The standard InChI is InChI=1S/C12H15N3O4/c1-7-5-15(10-4-8(17)9(6-16)19-10)12(18)14-3-2-13-11(7)14/h2-3,5,8-10,16-17H,4,6H2,1H3/t8-,9+,10+/m0/s1. The van der Waals surface area contributed by atoms with E-state index < -0.39 is 18.4 Å². The first kappa shape index (κ1) is 12.3. The van der Waals surface area contributed by atoms with Crippen molar-refractivity contribution >= 4 is 5.65 Å². The maximum absolute atomic E-state index is 12.3. The van der Waals surface area contributed by atoms with E-state index in [0.717, 1.165) is 5.56 Å². The fourth-order valence-corrected chi connectivity index (χ4v) is 2.45. The highest BCUT2D eigenvalue weighted by molar-refractivity contribution is 5.44. The molecule has 19 heavy (non-hydrogen) atoms. The number of hydrogen-bond acceptors (Lipinski definition) is 5. The molecule has 2 aromatic heterocycles. The van der Waals surface area contributed by atoms with Gasteiger partial charge in [-0.1, -0.05) is 0 Å². The summed E-state index contributed by atoms with van der Waals surface area (Å²) in [6.07, 6.45) is 3.14. The molecule has 3 rings (SSSR count). The van der Waals surface area contributed by atoms with Crippen LogP contribution >= 0.6 is 0 Å². The van der Waals surface area contributed by atoms with Crippen LogP contribution in [-0.2, 0) is 4.74 Å². The van der Waals surface area contributed by atoms with Gasteiger partial charge in [-0.25, -0.2) is 9.78 Å². The lowest BCUT2D eigenvalue weighted by Gasteiger charge is -2.15. The van der Waals surface area contributed by atoms with E-state index in [1.54, 1.807) is 18.6 Å². The van der Waals surface area contributed by atoms with E-state index in [0.29, 0.717) is 5.65 Å². The average Bonchev–Trinajstić information content (AvgIpc) is 3.00. The van der Waals surface area contributed by atoms with Crippen LogP contribution < -0.4 is 5.69 Å². The Morgan fingerprint density at radius 2 is 2.37 bits per heavy atom. The summed E-state index contributed by atoms with van der Waals surface area (Å²) in [5.74, 6) is 0. The minimum absolute atomic E-state index is 0.265. The molecule has 2 N–H and O–H groups in total. The van der Waals surface area contributed by atoms with Crippen LogP contribution in [0.5, 0.6) is 0 Å². The van der Waals surface area contributed by atoms with Gasteiger partial charge >= 0.3 is 5.69 Å². The SMILES string of the molecule is Cc1cn([C@H]2C[C@H](O)[C@@H](CO)O2)c(=O)n2ccnc12. The molecule has 1 aliphatic rings. The molecule has 1 fully saturated rings. The van der Waals surface area contributed by atoms with Crippen molar-refractivity contribution in [2.24, 2.45) is 0 Å². The third-order valence-corrected chi connectivity index (χ3v) is 3.45. The van der Waals surface area contributed by atoms with Crippen molar-refractivity contribution < 1.29 is 14.9 Å². The normalized spacial score (nSPS) is 27.2. The third kappa shape index (κ3) is 1.86. The summed E-state index contributed by atoms with van der Waals surface area (Å²) in [5.41, 5.74) is 1.18. The number of imidazole rings is 1. The van der Waals surface area contributed by atoms with Gasteiger partial charge in [0.25, 0.3) is 0 Å². The van der Waals surface area contributed by atoms with Gasteiger partial charge in [0.05, 0.1) is 12.7 Å². The molecule has 2 aromatic rings. The Morgan fingerprint density at radius 3 is 3.05 bits per heavy atom. The summed E-state index contributed by atoms with van der Waals surface area (Å²) in [5, 5.41) is 18.8. The van der Waals surface area contributed by atoms with Crippen LogP contribution in [0.15, 0.2) is 23.4 Å². The van der Waals surface area contributed by atoms with Crippen LogP contribution in [0.4, 0.5) is 0 Å². The van der Waals surface area contributed by atoms with Gasteiger partial charge in [0, 0.05) is 30.6 Å². The van der Waals surface area contributed by atoms with Gasteiger partial charge in [-0.2, -0.15) is 0 Å². The first-order valence-corrected chi connectivity index (χ1v) is 6.11. The van der Waals surface area contributed by atoms with E-state index in [9.17, 15) is 9.90 Å². The number of aryl methyl sites for hydroxylation is 1. The zero-order chi connectivity index (χ0) is 13.6. The van der Waals surface area contributed by atoms with E-state index in [2.05, 4.69) is 4.98 Å². The average molecular weight is 265 g/mol. The number of ether oxygens (including phenoxy) is 1. The summed E-state index contributed by atoms with van der Waals surface area (Å²) in [6.45, 7) is 1.59. The minimum Gasteiger partial charge on any atom is -0.394 e. The first-order chi connectivity index (χ1) is 9.11. The Bertz CT molecular complexity index is 663. The first-order valence-electron chi connectivity index (χ1n) is 6.11. The molecule has 7 nitrogen and oxygen atoms in total. The monoisotopic (exact) mass is 265 g/mol. The molecule has 0 aromatic carbocycles. The Balaban J connectivity index is 2.07. The van der Waals surface area contributed by atoms with Crippen molar-refractivity contribution in [3.63, 3.8) is 0 Å². The molecular formula is C12H15N3O4. The highest BCUT2D eigenvalue weighted by Crippen LogP contribution is 2.27. The molecule has 0 bridgehead atoms. The molecule has 0 radical (unpaired) electrons. The summed E-state index contributed by atoms with van der Waals surface area (Å²) in [7, 11) is 0. The van der Waals surface area contributed by atoms with E-state index in [-0.39, 0.29) is 18.7 Å². The molecule has 0 spiro atoms. The van der Waals surface area contributed by atoms with E-state index in [1.165, 1.54) is 8.97 Å². The molecule has 0 unspecified atom stereocenters. The van der Waals surface area contributed by atoms with Crippen molar-refractivity contribution in [3.05, 3.63) is 34.6 Å². The van der Waals surface area contributed by atoms with Gasteiger partial charge in [0.2, 0.25) is 0 Å². The Hall–Kier alpha value is -1.70. The van der Waals surface area contributed by atoms with Gasteiger partial charge < -0.3 is 14.9 Å². The number of hydrogen-bond donors (Lipinski definition) is 2. The highest BCUT2D eigenvalue weighted by atomic mass is 16.5. The van der Waals surface area contributed by atoms with Crippen molar-refractivity contribution in [1.29, 1.82) is 0 Å². The van der Waals surface area contributed by atoms with Crippen molar-refractivity contribution in [1.82, 2.24) is 14.0 Å². The molecule has 0 amide bonds. The molecule has 0 saturated carbocycles. The smallest absolute Gasteiger partial charge is 0.336 e. The minimum atomic E-state index is -0.763. The molecule has 3 atom stereocenters. The summed E-state index contributed by atoms with van der Waals surface area (Å²) in [4.78, 5) is 16.4. The lowest BCUT2D eigenvalue weighted by atomic mass is 10.2. The number of aliphatic hydroxyl groups is 2. The number of rotatable bonds is 2. The molecule has 3 heterocycles. The number of aliphatic hydroxyl groups excluding tert-OH is 2. The maximum Gasteiger partial charge on any atom is 0.336 e. The van der Waals surface area contributed by atoms with Crippen molar-refractivity contribution in [3.8, 4) is 0 Å². The molecule has 102 valence electrons. The second kappa shape index (κ2) is 4.44. The Morgan fingerprint density at radius 1 is 1.58 bits per heavy atom. The van der Waals surface area contributed by atoms with Crippen molar-refractivity contribution in [2.45, 2.75) is 31.8 Å². The fraction of sp³-hybridized carbons (Fsp3) is 0.500. The number of fused-ring (bicyclic) bond motifs is 1. The van der Waals surface area contributed by atoms with Gasteiger partial charge in [-0.15, -0.1) is 0 Å². The predicted octanol–water partition coefficient (Wildman–Crippen LogP) is -0.555. The Kier molecular flexibility index (Phi) is 2.89. The lowest BCUT2D eigenvalue weighted by molar-refractivity contribution is -0.0460. The van der Waals surface area contributed by atoms with Crippen LogP contribution in [-0.4, -0.2) is 43.0 Å². The second-order valence-electron chi connectivity index (χ2n) is 4.74. The number of aromatic nitrogens is 3. The predicted molar refractivity (Wildman–Crippen MR) is 65.8 cm³/mol. The van der Waals surface area contributed by atoms with Gasteiger partial charge in [0.1, 0.15) is 18.0 Å². The summed E-state index contributed by atoms with van der Waals surface area (Å²) in [6, 6.07) is 0. The van der Waals surface area contributed by atoms with E-state index >= 15 is 0 Å². The Labute approximate surface area is 108 Å². The summed E-state index contributed by atoms with van der Waals surface area (Å²) < 4.78 is 8.37. The van der Waals surface area contributed by atoms with E-state index in [4.69, 9.17) is 9.84 Å². The maximum atomic E-state index is 12.3. The quantitative estimate of drug-likeness (QED) is 0.760. The van der Waals surface area contributed by atoms with Crippen LogP contribution in [0.3, 0.4) is 0 Å². The lowest BCUT2D eigenvalue weighted by Crippen LogP contribution is -2.30. The van der Waals surface area contributed by atoms with Gasteiger partial charge in [-0.05, 0) is 6.92 Å². The summed E-state index contributed by atoms with van der Waals surface area (Å²) >= 11 is 0. The zero-order valence-corrected chi connectivity index (χ0v) is 10.4.